The molecule has 3 nitrogen and oxygen atoms in total. The molecule has 1 amide bonds. The molecule has 0 unspecified atom stereocenters. The number of ether oxygens (including phenoxy) is 1. The van der Waals surface area contributed by atoms with Gasteiger partial charge in [0.05, 0.1) is 0 Å². The van der Waals surface area contributed by atoms with Crippen LogP contribution in [0.1, 0.15) is 5.56 Å². The van der Waals surface area contributed by atoms with Gasteiger partial charge in [0.15, 0.2) is 18.2 Å². The summed E-state index contributed by atoms with van der Waals surface area (Å²) in [5, 5.41) is 0. The molecule has 0 aliphatic rings. The summed E-state index contributed by atoms with van der Waals surface area (Å²) in [6.07, 6.45) is 0. The zero-order valence-electron chi connectivity index (χ0n) is 9.08. The minimum absolute atomic E-state index is 0.116. The van der Waals surface area contributed by atoms with E-state index in [4.69, 9.17) is 4.74 Å². The molecule has 4 heteroatoms. The number of aryl methyl sites for hydroxylation is 1. The van der Waals surface area contributed by atoms with Gasteiger partial charge in [0.25, 0.3) is 5.91 Å². The fraction of sp³-hybridized carbons (Fsp3) is 0.364. The first-order valence-electron chi connectivity index (χ1n) is 4.60. The van der Waals surface area contributed by atoms with Gasteiger partial charge in [-0.25, -0.2) is 4.39 Å². The van der Waals surface area contributed by atoms with E-state index in [1.54, 1.807) is 33.2 Å². The minimum Gasteiger partial charge on any atom is -0.481 e. The van der Waals surface area contributed by atoms with E-state index in [9.17, 15) is 9.18 Å². The average Bonchev–Trinajstić information content (AvgIpc) is 2.19. The van der Waals surface area contributed by atoms with E-state index in [0.717, 1.165) is 0 Å². The van der Waals surface area contributed by atoms with E-state index >= 15 is 0 Å². The maximum absolute atomic E-state index is 13.4. The number of hydrogen-bond acceptors (Lipinski definition) is 2. The van der Waals surface area contributed by atoms with Crippen molar-refractivity contribution < 1.29 is 13.9 Å². The summed E-state index contributed by atoms with van der Waals surface area (Å²) >= 11 is 0. The summed E-state index contributed by atoms with van der Waals surface area (Å²) in [4.78, 5) is 12.6. The van der Waals surface area contributed by atoms with Crippen LogP contribution in [-0.2, 0) is 4.79 Å². The molecule has 0 spiro atoms. The quantitative estimate of drug-likeness (QED) is 0.760. The maximum atomic E-state index is 13.4. The van der Waals surface area contributed by atoms with Crippen molar-refractivity contribution in [2.45, 2.75) is 6.92 Å². The molecule has 0 fully saturated rings. The van der Waals surface area contributed by atoms with Gasteiger partial charge in [0.1, 0.15) is 0 Å². The SMILES string of the molecule is Cc1cccc(OCC(=O)N(C)C)c1F. The maximum Gasteiger partial charge on any atom is 0.259 e. The molecule has 0 aromatic heterocycles. The van der Waals surface area contributed by atoms with Crippen LogP contribution in [0.3, 0.4) is 0 Å². The van der Waals surface area contributed by atoms with Gasteiger partial charge in [0.2, 0.25) is 0 Å². The molecule has 0 aliphatic carbocycles. The van der Waals surface area contributed by atoms with E-state index in [1.807, 2.05) is 0 Å². The van der Waals surface area contributed by atoms with Crippen LogP contribution in [0.5, 0.6) is 5.75 Å². The number of carbonyl (C=O) groups excluding carboxylic acids is 1. The summed E-state index contributed by atoms with van der Waals surface area (Å²) < 4.78 is 18.5. The number of benzene rings is 1. The van der Waals surface area contributed by atoms with Crippen LogP contribution in [0.2, 0.25) is 0 Å². The van der Waals surface area contributed by atoms with Crippen LogP contribution < -0.4 is 4.74 Å². The van der Waals surface area contributed by atoms with E-state index in [1.165, 1.54) is 11.0 Å². The molecule has 0 aliphatic heterocycles. The van der Waals surface area contributed by atoms with E-state index in [2.05, 4.69) is 0 Å². The highest BCUT2D eigenvalue weighted by atomic mass is 19.1. The number of likely N-dealkylation sites (N-methyl/N-ethyl adjacent to an activating group) is 1. The lowest BCUT2D eigenvalue weighted by Gasteiger charge is -2.12. The van der Waals surface area contributed by atoms with Crippen molar-refractivity contribution in [1.29, 1.82) is 0 Å². The van der Waals surface area contributed by atoms with Crippen molar-refractivity contribution >= 4 is 5.91 Å². The molecule has 82 valence electrons. The molecule has 0 radical (unpaired) electrons. The van der Waals surface area contributed by atoms with Crippen molar-refractivity contribution in [3.63, 3.8) is 0 Å². The molecule has 1 rings (SSSR count). The topological polar surface area (TPSA) is 29.5 Å². The van der Waals surface area contributed by atoms with E-state index in [0.29, 0.717) is 5.56 Å². The van der Waals surface area contributed by atoms with Gasteiger partial charge in [0, 0.05) is 14.1 Å². The Kier molecular flexibility index (Phi) is 3.66. The molecule has 0 saturated carbocycles. The second-order valence-corrected chi connectivity index (χ2v) is 3.46. The lowest BCUT2D eigenvalue weighted by atomic mass is 10.2. The first-order chi connectivity index (χ1) is 7.02. The molecule has 15 heavy (non-hydrogen) atoms. The van der Waals surface area contributed by atoms with Gasteiger partial charge < -0.3 is 9.64 Å². The molecule has 1 aromatic carbocycles. The predicted molar refractivity (Wildman–Crippen MR) is 55.3 cm³/mol. The van der Waals surface area contributed by atoms with Gasteiger partial charge in [-0.1, -0.05) is 12.1 Å². The van der Waals surface area contributed by atoms with Crippen LogP contribution >= 0.6 is 0 Å². The van der Waals surface area contributed by atoms with Crippen molar-refractivity contribution in [3.8, 4) is 5.75 Å². The first-order valence-corrected chi connectivity index (χ1v) is 4.60. The van der Waals surface area contributed by atoms with Crippen LogP contribution in [0.25, 0.3) is 0 Å². The summed E-state index contributed by atoms with van der Waals surface area (Å²) in [5.74, 6) is -0.495. The number of nitrogens with zero attached hydrogens (tertiary/aromatic N) is 1. The number of hydrogen-bond donors (Lipinski definition) is 0. The number of amides is 1. The molecular weight excluding hydrogens is 197 g/mol. The van der Waals surface area contributed by atoms with E-state index < -0.39 is 5.82 Å². The van der Waals surface area contributed by atoms with Crippen LogP contribution in [0.4, 0.5) is 4.39 Å². The molecule has 0 N–H and O–H groups in total. The van der Waals surface area contributed by atoms with Gasteiger partial charge in [-0.05, 0) is 18.6 Å². The number of halogens is 1. The third kappa shape index (κ3) is 2.94. The zero-order chi connectivity index (χ0) is 11.4. The van der Waals surface area contributed by atoms with Gasteiger partial charge in [-0.15, -0.1) is 0 Å². The Balaban J connectivity index is 2.66. The lowest BCUT2D eigenvalue weighted by molar-refractivity contribution is -0.130. The van der Waals surface area contributed by atoms with Crippen LogP contribution in [-0.4, -0.2) is 31.5 Å². The highest BCUT2D eigenvalue weighted by Crippen LogP contribution is 2.19. The van der Waals surface area contributed by atoms with E-state index in [-0.39, 0.29) is 18.3 Å². The standard InChI is InChI=1S/C11H14FNO2/c1-8-5-4-6-9(11(8)12)15-7-10(14)13(2)3/h4-6H,7H2,1-3H3. The normalized spacial score (nSPS) is 9.87. The van der Waals surface area contributed by atoms with Crippen LogP contribution in [0, 0.1) is 12.7 Å². The Morgan fingerprint density at radius 1 is 1.47 bits per heavy atom. The summed E-state index contributed by atoms with van der Waals surface area (Å²) in [5.41, 5.74) is 0.504. The average molecular weight is 211 g/mol. The molecular formula is C11H14FNO2. The fourth-order valence-electron chi connectivity index (χ4n) is 1.00. The zero-order valence-corrected chi connectivity index (χ0v) is 9.08. The summed E-state index contributed by atoms with van der Waals surface area (Å²) in [6, 6.07) is 4.84. The third-order valence-electron chi connectivity index (χ3n) is 2.01. The van der Waals surface area contributed by atoms with Gasteiger partial charge >= 0.3 is 0 Å². The van der Waals surface area contributed by atoms with Gasteiger partial charge in [-0.2, -0.15) is 0 Å². The molecule has 1 aromatic rings. The second kappa shape index (κ2) is 4.77. The molecule has 0 heterocycles. The van der Waals surface area contributed by atoms with Crippen molar-refractivity contribution in [2.24, 2.45) is 0 Å². The Morgan fingerprint density at radius 2 is 2.13 bits per heavy atom. The third-order valence-corrected chi connectivity index (χ3v) is 2.01. The number of carbonyl (C=O) groups is 1. The largest absolute Gasteiger partial charge is 0.481 e. The highest BCUT2D eigenvalue weighted by Gasteiger charge is 2.09. The van der Waals surface area contributed by atoms with Crippen molar-refractivity contribution in [1.82, 2.24) is 4.90 Å². The molecule has 0 bridgehead atoms. The first kappa shape index (κ1) is 11.5. The van der Waals surface area contributed by atoms with Crippen LogP contribution in [0.15, 0.2) is 18.2 Å². The Labute approximate surface area is 88.5 Å². The lowest BCUT2D eigenvalue weighted by Crippen LogP contribution is -2.27. The second-order valence-electron chi connectivity index (χ2n) is 3.46. The summed E-state index contributed by atoms with van der Waals surface area (Å²) in [7, 11) is 3.25. The smallest absolute Gasteiger partial charge is 0.259 e. The van der Waals surface area contributed by atoms with Crippen molar-refractivity contribution in [2.75, 3.05) is 20.7 Å². The fourth-order valence-corrected chi connectivity index (χ4v) is 1.00. The monoisotopic (exact) mass is 211 g/mol. The number of rotatable bonds is 3. The highest BCUT2D eigenvalue weighted by molar-refractivity contribution is 5.77. The predicted octanol–water partition coefficient (Wildman–Crippen LogP) is 1.60. The van der Waals surface area contributed by atoms with Crippen molar-refractivity contribution in [3.05, 3.63) is 29.6 Å². The summed E-state index contributed by atoms with van der Waals surface area (Å²) in [6.45, 7) is 1.50. The Bertz CT molecular complexity index is 364. The molecule has 0 atom stereocenters. The Morgan fingerprint density at radius 3 is 2.73 bits per heavy atom. The molecule has 0 saturated heterocycles. The minimum atomic E-state index is -0.413. The van der Waals surface area contributed by atoms with Gasteiger partial charge in [-0.3, -0.25) is 4.79 Å². The Hall–Kier alpha value is -1.58.